The van der Waals surface area contributed by atoms with E-state index in [1.807, 2.05) is 73.7 Å². The van der Waals surface area contributed by atoms with E-state index in [1.54, 1.807) is 4.90 Å². The van der Waals surface area contributed by atoms with Gasteiger partial charge in [-0.25, -0.2) is 0 Å². The Morgan fingerprint density at radius 2 is 1.74 bits per heavy atom. The molecule has 2 amide bonds. The Hall–Kier alpha value is -2.86. The van der Waals surface area contributed by atoms with Crippen LogP contribution < -0.4 is 10.1 Å². The highest BCUT2D eigenvalue weighted by Gasteiger charge is 2.30. The Morgan fingerprint density at radius 3 is 2.49 bits per heavy atom. The molecule has 1 aliphatic rings. The van der Waals surface area contributed by atoms with E-state index in [2.05, 4.69) is 21.2 Å². The maximum atomic E-state index is 13.5. The summed E-state index contributed by atoms with van der Waals surface area (Å²) in [6.45, 7) is 2.29. The van der Waals surface area contributed by atoms with Gasteiger partial charge in [-0.15, -0.1) is 0 Å². The molecule has 0 spiro atoms. The molecule has 0 radical (unpaired) electrons. The number of halogens is 1. The van der Waals surface area contributed by atoms with Gasteiger partial charge in [0.1, 0.15) is 11.8 Å². The highest BCUT2D eigenvalue weighted by Crippen LogP contribution is 2.33. The van der Waals surface area contributed by atoms with Crippen molar-refractivity contribution >= 4 is 38.5 Å². The number of ether oxygens (including phenoxy) is 1. The molecular formula is C29H33BrN2O3. The molecule has 0 bridgehead atoms. The third-order valence-electron chi connectivity index (χ3n) is 6.75. The second-order valence-electron chi connectivity index (χ2n) is 9.12. The minimum absolute atomic E-state index is 0.0623. The number of amides is 2. The predicted octanol–water partition coefficient (Wildman–Crippen LogP) is 5.89. The van der Waals surface area contributed by atoms with Crippen LogP contribution in [0.3, 0.4) is 0 Å². The van der Waals surface area contributed by atoms with Crippen molar-refractivity contribution in [3.05, 3.63) is 76.8 Å². The number of carbonyl (C=O) groups excluding carboxylic acids is 2. The van der Waals surface area contributed by atoms with Crippen LogP contribution in [0.15, 0.2) is 71.2 Å². The SMILES string of the molecule is CC[C@@H](C(=O)NC1CCCC1)N(CCc1ccccc1)C(=O)COc1ccc2ccccc2c1Br. The van der Waals surface area contributed by atoms with Gasteiger partial charge in [-0.3, -0.25) is 9.59 Å². The van der Waals surface area contributed by atoms with Gasteiger partial charge in [0.15, 0.2) is 6.61 Å². The van der Waals surface area contributed by atoms with E-state index in [9.17, 15) is 9.59 Å². The molecule has 184 valence electrons. The van der Waals surface area contributed by atoms with Crippen molar-refractivity contribution in [2.75, 3.05) is 13.2 Å². The first kappa shape index (κ1) is 25.2. The summed E-state index contributed by atoms with van der Waals surface area (Å²) < 4.78 is 6.80. The third kappa shape index (κ3) is 6.43. The van der Waals surface area contributed by atoms with E-state index in [0.29, 0.717) is 25.1 Å². The van der Waals surface area contributed by atoms with Crippen LogP contribution >= 0.6 is 15.9 Å². The fourth-order valence-corrected chi connectivity index (χ4v) is 5.42. The predicted molar refractivity (Wildman–Crippen MR) is 143 cm³/mol. The van der Waals surface area contributed by atoms with Gasteiger partial charge in [-0.05, 0) is 64.0 Å². The van der Waals surface area contributed by atoms with Crippen LogP contribution in [0.4, 0.5) is 0 Å². The van der Waals surface area contributed by atoms with Crippen LogP contribution in [-0.2, 0) is 16.0 Å². The van der Waals surface area contributed by atoms with Gasteiger partial charge in [0.2, 0.25) is 5.91 Å². The lowest BCUT2D eigenvalue weighted by atomic mass is 10.1. The standard InChI is InChI=1S/C29H33BrN2O3/c1-2-25(29(34)31-23-13-7-8-14-23)32(19-18-21-10-4-3-5-11-21)27(33)20-35-26-17-16-22-12-6-9-15-24(22)28(26)30/h3-6,9-12,15-17,23,25H,2,7-8,13-14,18-20H2,1H3,(H,31,34)/t25-/m0/s1. The number of nitrogens with one attached hydrogen (secondary N) is 1. The summed E-state index contributed by atoms with van der Waals surface area (Å²) in [7, 11) is 0. The smallest absolute Gasteiger partial charge is 0.261 e. The van der Waals surface area contributed by atoms with E-state index in [0.717, 1.165) is 46.5 Å². The topological polar surface area (TPSA) is 58.6 Å². The highest BCUT2D eigenvalue weighted by molar-refractivity contribution is 9.10. The summed E-state index contributed by atoms with van der Waals surface area (Å²) in [6, 6.07) is 21.6. The van der Waals surface area contributed by atoms with Crippen LogP contribution in [0, 0.1) is 0 Å². The van der Waals surface area contributed by atoms with Crippen LogP contribution in [0.2, 0.25) is 0 Å². The van der Waals surface area contributed by atoms with Crippen molar-refractivity contribution in [2.45, 2.75) is 57.5 Å². The Balaban J connectivity index is 1.49. The first-order valence-electron chi connectivity index (χ1n) is 12.5. The lowest BCUT2D eigenvalue weighted by molar-refractivity contribution is -0.142. The highest BCUT2D eigenvalue weighted by atomic mass is 79.9. The number of carbonyl (C=O) groups is 2. The van der Waals surface area contributed by atoms with Crippen LogP contribution in [0.5, 0.6) is 5.75 Å². The molecule has 1 fully saturated rings. The average molecular weight is 537 g/mol. The minimum atomic E-state index is -0.518. The minimum Gasteiger partial charge on any atom is -0.483 e. The third-order valence-corrected chi connectivity index (χ3v) is 7.57. The molecule has 1 atom stereocenters. The first-order chi connectivity index (χ1) is 17.1. The molecule has 35 heavy (non-hydrogen) atoms. The molecule has 1 saturated carbocycles. The van der Waals surface area contributed by atoms with Gasteiger partial charge in [-0.1, -0.05) is 80.4 Å². The second kappa shape index (κ2) is 12.2. The van der Waals surface area contributed by atoms with Gasteiger partial charge < -0.3 is 15.0 Å². The van der Waals surface area contributed by atoms with Crippen molar-refractivity contribution in [1.82, 2.24) is 10.2 Å². The summed E-state index contributed by atoms with van der Waals surface area (Å²) in [5, 5.41) is 5.31. The van der Waals surface area contributed by atoms with E-state index in [4.69, 9.17) is 4.74 Å². The van der Waals surface area contributed by atoms with Crippen molar-refractivity contribution in [3.8, 4) is 5.75 Å². The van der Waals surface area contributed by atoms with Gasteiger partial charge in [0, 0.05) is 12.6 Å². The normalized spacial score (nSPS) is 14.6. The van der Waals surface area contributed by atoms with Gasteiger partial charge in [0.25, 0.3) is 5.91 Å². The quantitative estimate of drug-likeness (QED) is 0.351. The number of nitrogens with zero attached hydrogens (tertiary/aromatic N) is 1. The largest absolute Gasteiger partial charge is 0.483 e. The number of hydrogen-bond acceptors (Lipinski definition) is 3. The molecule has 1 N–H and O–H groups in total. The monoisotopic (exact) mass is 536 g/mol. The van der Waals surface area contributed by atoms with Crippen LogP contribution in [0.25, 0.3) is 10.8 Å². The van der Waals surface area contributed by atoms with E-state index >= 15 is 0 Å². The summed E-state index contributed by atoms with van der Waals surface area (Å²) in [5.74, 6) is 0.366. The fourth-order valence-electron chi connectivity index (χ4n) is 4.81. The Labute approximate surface area is 216 Å². The van der Waals surface area contributed by atoms with Gasteiger partial charge in [0.05, 0.1) is 4.47 Å². The molecule has 1 aliphatic carbocycles. The lowest BCUT2D eigenvalue weighted by Crippen LogP contribution is -2.53. The van der Waals surface area contributed by atoms with Crippen LogP contribution in [0.1, 0.15) is 44.6 Å². The number of rotatable bonds is 10. The van der Waals surface area contributed by atoms with Gasteiger partial charge >= 0.3 is 0 Å². The Bertz CT molecular complexity index is 1150. The van der Waals surface area contributed by atoms with Crippen LogP contribution in [-0.4, -0.2) is 41.9 Å². The summed E-state index contributed by atoms with van der Waals surface area (Å²) in [4.78, 5) is 28.4. The first-order valence-corrected chi connectivity index (χ1v) is 13.3. The summed E-state index contributed by atoms with van der Waals surface area (Å²) in [6.07, 6.45) is 5.55. The van der Waals surface area contributed by atoms with Crippen molar-refractivity contribution < 1.29 is 14.3 Å². The molecule has 0 saturated heterocycles. The van der Waals surface area contributed by atoms with Crippen molar-refractivity contribution in [3.63, 3.8) is 0 Å². The molecule has 0 unspecified atom stereocenters. The van der Waals surface area contributed by atoms with E-state index in [-0.39, 0.29) is 24.5 Å². The Morgan fingerprint density at radius 1 is 1.03 bits per heavy atom. The van der Waals surface area contributed by atoms with Crippen molar-refractivity contribution in [2.24, 2.45) is 0 Å². The van der Waals surface area contributed by atoms with Crippen molar-refractivity contribution in [1.29, 1.82) is 0 Å². The molecular weight excluding hydrogens is 504 g/mol. The summed E-state index contributed by atoms with van der Waals surface area (Å²) in [5.41, 5.74) is 1.13. The molecule has 0 aromatic heterocycles. The molecule has 0 aliphatic heterocycles. The average Bonchev–Trinajstić information content (AvgIpc) is 3.39. The zero-order chi connectivity index (χ0) is 24.6. The second-order valence-corrected chi connectivity index (χ2v) is 9.92. The lowest BCUT2D eigenvalue weighted by Gasteiger charge is -2.31. The number of hydrogen-bond donors (Lipinski definition) is 1. The Kier molecular flexibility index (Phi) is 8.80. The molecule has 3 aromatic carbocycles. The number of benzene rings is 3. The molecule has 5 nitrogen and oxygen atoms in total. The molecule has 4 rings (SSSR count). The molecule has 0 heterocycles. The molecule has 3 aromatic rings. The zero-order valence-corrected chi connectivity index (χ0v) is 21.8. The number of fused-ring (bicyclic) bond motifs is 1. The van der Waals surface area contributed by atoms with E-state index in [1.165, 1.54) is 0 Å². The summed E-state index contributed by atoms with van der Waals surface area (Å²) >= 11 is 3.63. The van der Waals surface area contributed by atoms with E-state index < -0.39 is 6.04 Å². The van der Waals surface area contributed by atoms with Gasteiger partial charge in [-0.2, -0.15) is 0 Å². The maximum absolute atomic E-state index is 13.5. The molecule has 6 heteroatoms. The fraction of sp³-hybridized carbons (Fsp3) is 0.379. The zero-order valence-electron chi connectivity index (χ0n) is 20.2. The maximum Gasteiger partial charge on any atom is 0.261 e.